The summed E-state index contributed by atoms with van der Waals surface area (Å²) < 4.78 is 23.6. The number of rotatable bonds is 9. The fourth-order valence-electron chi connectivity index (χ4n) is 4.40. The summed E-state index contributed by atoms with van der Waals surface area (Å²) in [6.07, 6.45) is -0.107. The number of hydrogen-bond donors (Lipinski definition) is 0. The van der Waals surface area contributed by atoms with Crippen LogP contribution in [0.25, 0.3) is 11.3 Å². The molecule has 11 heteroatoms. The van der Waals surface area contributed by atoms with Crippen LogP contribution in [0, 0.1) is 17.1 Å². The molecule has 0 spiro atoms. The summed E-state index contributed by atoms with van der Waals surface area (Å²) in [6.45, 7) is -0.537. The summed E-state index contributed by atoms with van der Waals surface area (Å²) in [5.74, 6) is -2.09. The number of anilines is 1. The van der Waals surface area contributed by atoms with Gasteiger partial charge in [0.15, 0.2) is 12.4 Å². The van der Waals surface area contributed by atoms with Gasteiger partial charge in [0.2, 0.25) is 11.8 Å². The van der Waals surface area contributed by atoms with Crippen LogP contribution in [0.3, 0.4) is 0 Å². The zero-order chi connectivity index (χ0) is 30.5. The Kier molecular flexibility index (Phi) is 8.59. The van der Waals surface area contributed by atoms with E-state index in [4.69, 9.17) is 9.47 Å². The lowest BCUT2D eigenvalue weighted by Crippen LogP contribution is -2.31. The first-order valence-corrected chi connectivity index (χ1v) is 13.8. The van der Waals surface area contributed by atoms with Crippen molar-refractivity contribution in [3.05, 3.63) is 107 Å². The van der Waals surface area contributed by atoms with Crippen molar-refractivity contribution in [3.63, 3.8) is 0 Å². The molecule has 1 fully saturated rings. The predicted molar refractivity (Wildman–Crippen MR) is 155 cm³/mol. The molecule has 0 bridgehead atoms. The molecular formula is C32H22FN3O6S. The molecule has 1 unspecified atom stereocenters. The predicted octanol–water partition coefficient (Wildman–Crippen LogP) is 5.23. The van der Waals surface area contributed by atoms with Crippen molar-refractivity contribution in [2.24, 2.45) is 0 Å². The highest BCUT2D eigenvalue weighted by Crippen LogP contribution is 2.37. The number of nitrogens with zero attached hydrogens (tertiary/aromatic N) is 3. The second kappa shape index (κ2) is 12.7. The summed E-state index contributed by atoms with van der Waals surface area (Å²) >= 11 is 1.04. The molecule has 4 aromatic rings. The number of esters is 1. The van der Waals surface area contributed by atoms with Crippen LogP contribution >= 0.6 is 11.8 Å². The van der Waals surface area contributed by atoms with Gasteiger partial charge < -0.3 is 9.47 Å². The summed E-state index contributed by atoms with van der Waals surface area (Å²) in [5, 5.41) is 9.14. The van der Waals surface area contributed by atoms with Crippen LogP contribution in [0.2, 0.25) is 0 Å². The normalized spacial score (nSPS) is 14.3. The molecule has 9 nitrogen and oxygen atoms in total. The largest absolute Gasteiger partial charge is 0.496 e. The second-order valence-electron chi connectivity index (χ2n) is 9.29. The average molecular weight is 596 g/mol. The van der Waals surface area contributed by atoms with Crippen molar-refractivity contribution in [1.29, 1.82) is 5.26 Å². The van der Waals surface area contributed by atoms with Gasteiger partial charge >= 0.3 is 5.97 Å². The van der Waals surface area contributed by atoms with Crippen LogP contribution in [0.15, 0.2) is 90.0 Å². The van der Waals surface area contributed by atoms with E-state index in [9.17, 15) is 28.8 Å². The van der Waals surface area contributed by atoms with Gasteiger partial charge in [-0.2, -0.15) is 5.26 Å². The Bertz CT molecular complexity index is 1770. The topological polar surface area (TPSA) is 127 Å². The molecule has 3 aromatic carbocycles. The first-order valence-electron chi connectivity index (χ1n) is 12.9. The molecule has 43 heavy (non-hydrogen) atoms. The quantitative estimate of drug-likeness (QED) is 0.145. The number of ketones is 1. The summed E-state index contributed by atoms with van der Waals surface area (Å²) in [6, 6.07) is 23.2. The molecule has 1 aliphatic heterocycles. The highest BCUT2D eigenvalue weighted by atomic mass is 32.2. The summed E-state index contributed by atoms with van der Waals surface area (Å²) in [4.78, 5) is 56.5. The molecule has 0 aliphatic carbocycles. The van der Waals surface area contributed by atoms with E-state index in [1.807, 2.05) is 18.2 Å². The molecule has 1 atom stereocenters. The Morgan fingerprint density at radius 2 is 1.70 bits per heavy atom. The number of benzene rings is 3. The summed E-state index contributed by atoms with van der Waals surface area (Å²) in [7, 11) is 1.54. The lowest BCUT2D eigenvalue weighted by atomic mass is 10.1. The van der Waals surface area contributed by atoms with Gasteiger partial charge in [-0.05, 0) is 72.8 Å². The maximum absolute atomic E-state index is 13.3. The van der Waals surface area contributed by atoms with Crippen molar-refractivity contribution in [1.82, 2.24) is 4.98 Å². The van der Waals surface area contributed by atoms with E-state index in [0.29, 0.717) is 22.0 Å². The van der Waals surface area contributed by atoms with Gasteiger partial charge in [-0.15, -0.1) is 0 Å². The Morgan fingerprint density at radius 1 is 1.00 bits per heavy atom. The van der Waals surface area contributed by atoms with Crippen molar-refractivity contribution in [2.45, 2.75) is 16.7 Å². The number of aromatic nitrogens is 1. The number of amides is 2. The number of carbonyl (C=O) groups is 4. The van der Waals surface area contributed by atoms with E-state index in [0.717, 1.165) is 28.8 Å². The standard InChI is InChI=1S/C32H22FN3O6S/c1-41-27-5-3-2-4-24(27)25-15-10-21(17-34)30(35-25)43-28-16-29(38)36(31(28)39)23-13-8-20(9-14-23)32(40)42-18-26(37)19-6-11-22(33)12-7-19/h2-15,28H,16,18H2,1H3. The zero-order valence-corrected chi connectivity index (χ0v) is 23.5. The van der Waals surface area contributed by atoms with E-state index < -0.39 is 41.2 Å². The van der Waals surface area contributed by atoms with Crippen molar-refractivity contribution in [2.75, 3.05) is 18.6 Å². The Balaban J connectivity index is 1.27. The Morgan fingerprint density at radius 3 is 2.40 bits per heavy atom. The number of hydrogen-bond acceptors (Lipinski definition) is 9. The number of Topliss-reactive ketones (excluding diaryl/α,β-unsaturated/α-hetero) is 1. The van der Waals surface area contributed by atoms with E-state index in [-0.39, 0.29) is 28.8 Å². The van der Waals surface area contributed by atoms with E-state index in [2.05, 4.69) is 11.1 Å². The number of halogens is 1. The van der Waals surface area contributed by atoms with Crippen molar-refractivity contribution >= 4 is 41.0 Å². The number of imide groups is 1. The number of carbonyl (C=O) groups excluding carboxylic acids is 4. The van der Waals surface area contributed by atoms with E-state index in [1.165, 1.54) is 36.4 Å². The minimum Gasteiger partial charge on any atom is -0.496 e. The van der Waals surface area contributed by atoms with Crippen molar-refractivity contribution in [3.8, 4) is 23.1 Å². The number of nitriles is 1. The fraction of sp³-hybridized carbons (Fsp3) is 0.125. The first-order chi connectivity index (χ1) is 20.8. The highest BCUT2D eigenvalue weighted by Gasteiger charge is 2.41. The average Bonchev–Trinajstić information content (AvgIpc) is 3.31. The molecule has 2 amide bonds. The molecule has 0 N–H and O–H groups in total. The van der Waals surface area contributed by atoms with Crippen LogP contribution in [-0.2, 0) is 14.3 Å². The van der Waals surface area contributed by atoms with Gasteiger partial charge in [-0.25, -0.2) is 19.1 Å². The lowest BCUT2D eigenvalue weighted by molar-refractivity contribution is -0.121. The highest BCUT2D eigenvalue weighted by molar-refractivity contribution is 8.00. The van der Waals surface area contributed by atoms with Crippen LogP contribution < -0.4 is 9.64 Å². The number of ether oxygens (including phenoxy) is 2. The SMILES string of the molecule is COc1ccccc1-c1ccc(C#N)c(SC2CC(=O)N(c3ccc(C(=O)OCC(=O)c4ccc(F)cc4)cc3)C2=O)n1. The van der Waals surface area contributed by atoms with Gasteiger partial charge in [-0.1, -0.05) is 23.9 Å². The van der Waals surface area contributed by atoms with Gasteiger partial charge in [-0.3, -0.25) is 14.4 Å². The van der Waals surface area contributed by atoms with Crippen molar-refractivity contribution < 1.29 is 33.0 Å². The Hall–Kier alpha value is -5.34. The maximum Gasteiger partial charge on any atom is 0.338 e. The lowest BCUT2D eigenvalue weighted by Gasteiger charge is -2.16. The molecular weight excluding hydrogens is 573 g/mol. The molecule has 1 saturated heterocycles. The third-order valence-corrected chi connectivity index (χ3v) is 7.77. The number of para-hydroxylation sites is 1. The van der Waals surface area contributed by atoms with E-state index in [1.54, 1.807) is 25.3 Å². The third kappa shape index (κ3) is 6.29. The molecule has 2 heterocycles. The number of pyridine rings is 1. The number of methoxy groups -OCH3 is 1. The van der Waals surface area contributed by atoms with Crippen LogP contribution in [0.1, 0.15) is 32.7 Å². The van der Waals surface area contributed by atoms with Crippen LogP contribution in [0.4, 0.5) is 10.1 Å². The summed E-state index contributed by atoms with van der Waals surface area (Å²) in [5.41, 5.74) is 2.10. The molecule has 0 saturated carbocycles. The Labute approximate surface area is 249 Å². The third-order valence-electron chi connectivity index (χ3n) is 6.58. The van der Waals surface area contributed by atoms with E-state index >= 15 is 0 Å². The smallest absolute Gasteiger partial charge is 0.338 e. The molecule has 5 rings (SSSR count). The molecule has 0 radical (unpaired) electrons. The van der Waals surface area contributed by atoms with Crippen LogP contribution in [-0.4, -0.2) is 47.5 Å². The van der Waals surface area contributed by atoms with Gasteiger partial charge in [0.05, 0.1) is 34.9 Å². The minimum atomic E-state index is -0.817. The van der Waals surface area contributed by atoms with Gasteiger partial charge in [0, 0.05) is 17.5 Å². The van der Waals surface area contributed by atoms with Crippen LogP contribution in [0.5, 0.6) is 5.75 Å². The molecule has 1 aliphatic rings. The monoisotopic (exact) mass is 595 g/mol. The first kappa shape index (κ1) is 29.2. The van der Waals surface area contributed by atoms with Gasteiger partial charge in [0.1, 0.15) is 22.7 Å². The minimum absolute atomic E-state index is 0.107. The fourth-order valence-corrected chi connectivity index (χ4v) is 5.50. The molecule has 1 aromatic heterocycles. The number of thioether (sulfide) groups is 1. The second-order valence-corrected chi connectivity index (χ2v) is 10.5. The molecule has 214 valence electrons. The maximum atomic E-state index is 13.3. The van der Waals surface area contributed by atoms with Gasteiger partial charge in [0.25, 0.3) is 0 Å². The zero-order valence-electron chi connectivity index (χ0n) is 22.7.